The molecule has 20 heavy (non-hydrogen) atoms. The molecule has 0 atom stereocenters. The number of benzene rings is 1. The Labute approximate surface area is 116 Å². The number of amides is 1. The van der Waals surface area contributed by atoms with Crippen LogP contribution in [0.3, 0.4) is 0 Å². The number of rotatable bonds is 2. The number of carbonyl (C=O) groups excluding carboxylic acids is 1. The Hall–Kier alpha value is -2.34. The number of nitrogens with two attached hydrogens (primary N) is 1. The highest BCUT2D eigenvalue weighted by Gasteiger charge is 2.23. The Morgan fingerprint density at radius 1 is 1.30 bits per heavy atom. The molecule has 1 amide bonds. The van der Waals surface area contributed by atoms with Crippen molar-refractivity contribution < 1.29 is 9.32 Å². The van der Waals surface area contributed by atoms with Gasteiger partial charge in [0.05, 0.1) is 6.54 Å². The number of anilines is 2. The Bertz CT molecular complexity index is 638. The number of likely N-dealkylation sites (N-methyl/N-ethyl adjacent to an activating group) is 1. The molecule has 1 fully saturated rings. The molecule has 6 heteroatoms. The highest BCUT2D eigenvalue weighted by atomic mass is 16.5. The third-order valence-electron chi connectivity index (χ3n) is 3.39. The summed E-state index contributed by atoms with van der Waals surface area (Å²) in [4.78, 5) is 15.9. The van der Waals surface area contributed by atoms with Gasteiger partial charge in [-0.25, -0.2) is 0 Å². The van der Waals surface area contributed by atoms with E-state index in [2.05, 4.69) is 5.16 Å². The maximum absolute atomic E-state index is 12.1. The number of nitrogen functional groups attached to an aromatic ring is 1. The summed E-state index contributed by atoms with van der Waals surface area (Å²) in [5, 5.41) is 3.89. The Balaban J connectivity index is 1.90. The van der Waals surface area contributed by atoms with E-state index in [9.17, 15) is 4.79 Å². The Morgan fingerprint density at radius 2 is 2.15 bits per heavy atom. The van der Waals surface area contributed by atoms with Crippen molar-refractivity contribution in [2.24, 2.45) is 0 Å². The van der Waals surface area contributed by atoms with Gasteiger partial charge in [-0.3, -0.25) is 9.69 Å². The van der Waals surface area contributed by atoms with E-state index in [1.54, 1.807) is 11.0 Å². The van der Waals surface area contributed by atoms with Crippen LogP contribution in [0.1, 0.15) is 0 Å². The van der Waals surface area contributed by atoms with Gasteiger partial charge in [0.25, 0.3) is 0 Å². The van der Waals surface area contributed by atoms with Crippen LogP contribution >= 0.6 is 0 Å². The van der Waals surface area contributed by atoms with Crippen molar-refractivity contribution in [1.29, 1.82) is 0 Å². The van der Waals surface area contributed by atoms with Gasteiger partial charge >= 0.3 is 0 Å². The fourth-order valence-corrected chi connectivity index (χ4v) is 2.32. The molecular formula is C14H16N4O2. The van der Waals surface area contributed by atoms with E-state index in [0.717, 1.165) is 17.8 Å². The number of carbonyl (C=O) groups is 1. The lowest BCUT2D eigenvalue weighted by Gasteiger charge is -2.32. The summed E-state index contributed by atoms with van der Waals surface area (Å²) < 4.78 is 4.88. The van der Waals surface area contributed by atoms with Crippen LogP contribution in [-0.4, -0.2) is 42.6 Å². The minimum absolute atomic E-state index is 0.107. The quantitative estimate of drug-likeness (QED) is 0.889. The van der Waals surface area contributed by atoms with Crippen molar-refractivity contribution in [3.63, 3.8) is 0 Å². The zero-order valence-electron chi connectivity index (χ0n) is 11.2. The summed E-state index contributed by atoms with van der Waals surface area (Å²) in [5.74, 6) is 0.386. The Kier molecular flexibility index (Phi) is 3.15. The molecule has 1 aliphatic rings. The van der Waals surface area contributed by atoms with E-state index < -0.39 is 0 Å². The summed E-state index contributed by atoms with van der Waals surface area (Å²) in [5.41, 5.74) is 7.97. The van der Waals surface area contributed by atoms with Crippen LogP contribution in [0.25, 0.3) is 11.3 Å². The van der Waals surface area contributed by atoms with Gasteiger partial charge in [-0.1, -0.05) is 17.3 Å². The first-order valence-electron chi connectivity index (χ1n) is 6.45. The van der Waals surface area contributed by atoms with E-state index in [1.165, 1.54) is 0 Å². The second-order valence-electron chi connectivity index (χ2n) is 4.95. The van der Waals surface area contributed by atoms with Crippen LogP contribution in [-0.2, 0) is 4.79 Å². The number of hydrogen-bond donors (Lipinski definition) is 1. The van der Waals surface area contributed by atoms with Gasteiger partial charge in [0.1, 0.15) is 5.69 Å². The molecule has 1 aromatic heterocycles. The van der Waals surface area contributed by atoms with Crippen LogP contribution < -0.4 is 10.6 Å². The average molecular weight is 272 g/mol. The first kappa shape index (κ1) is 12.7. The molecule has 1 saturated heterocycles. The molecule has 0 spiro atoms. The number of hydrogen-bond acceptors (Lipinski definition) is 5. The molecule has 1 aliphatic heterocycles. The molecule has 2 heterocycles. The fraction of sp³-hybridized carbons (Fsp3) is 0.286. The lowest BCUT2D eigenvalue weighted by molar-refractivity contribution is -0.120. The van der Waals surface area contributed by atoms with Crippen LogP contribution in [0, 0.1) is 0 Å². The van der Waals surface area contributed by atoms with E-state index in [0.29, 0.717) is 18.8 Å². The lowest BCUT2D eigenvalue weighted by Crippen LogP contribution is -2.48. The largest absolute Gasteiger partial charge is 0.368 e. The molecule has 104 valence electrons. The van der Waals surface area contributed by atoms with Gasteiger partial charge in [0.2, 0.25) is 11.8 Å². The lowest BCUT2D eigenvalue weighted by atomic mass is 10.1. The smallest absolute Gasteiger partial charge is 0.241 e. The van der Waals surface area contributed by atoms with E-state index in [1.807, 2.05) is 36.2 Å². The zero-order chi connectivity index (χ0) is 14.1. The summed E-state index contributed by atoms with van der Waals surface area (Å²) in [7, 11) is 1.95. The van der Waals surface area contributed by atoms with Gasteiger partial charge in [-0.2, -0.15) is 0 Å². The normalized spacial score (nSPS) is 16.6. The fourth-order valence-electron chi connectivity index (χ4n) is 2.32. The van der Waals surface area contributed by atoms with Crippen molar-refractivity contribution in [3.05, 3.63) is 30.3 Å². The standard InChI is InChI=1S/C14H16N4O2/c1-17-5-6-18(14(19)9-17)11-4-2-3-10(7-11)12-8-13(15)20-16-12/h2-4,7-8H,5-6,9,15H2,1H3. The molecule has 2 aromatic rings. The van der Waals surface area contributed by atoms with Gasteiger partial charge in [0, 0.05) is 30.4 Å². The van der Waals surface area contributed by atoms with E-state index in [4.69, 9.17) is 10.3 Å². The minimum Gasteiger partial charge on any atom is -0.368 e. The minimum atomic E-state index is 0.107. The van der Waals surface area contributed by atoms with Gasteiger partial charge in [0.15, 0.2) is 0 Å². The average Bonchev–Trinajstić information content (AvgIpc) is 2.86. The SMILES string of the molecule is CN1CCN(c2cccc(-c3cc(N)on3)c2)C(=O)C1. The molecule has 2 N–H and O–H groups in total. The predicted octanol–water partition coefficient (Wildman–Crippen LogP) is 1.20. The number of piperazine rings is 1. The maximum atomic E-state index is 12.1. The summed E-state index contributed by atoms with van der Waals surface area (Å²) >= 11 is 0. The molecule has 0 saturated carbocycles. The molecule has 6 nitrogen and oxygen atoms in total. The van der Waals surface area contributed by atoms with Gasteiger partial charge < -0.3 is 15.2 Å². The van der Waals surface area contributed by atoms with Crippen LogP contribution in [0.15, 0.2) is 34.9 Å². The maximum Gasteiger partial charge on any atom is 0.241 e. The van der Waals surface area contributed by atoms with Crippen molar-refractivity contribution in [3.8, 4) is 11.3 Å². The van der Waals surface area contributed by atoms with Crippen LogP contribution in [0.5, 0.6) is 0 Å². The topological polar surface area (TPSA) is 75.6 Å². The highest BCUT2D eigenvalue weighted by molar-refractivity contribution is 5.96. The summed E-state index contributed by atoms with van der Waals surface area (Å²) in [6, 6.07) is 9.35. The third-order valence-corrected chi connectivity index (χ3v) is 3.39. The van der Waals surface area contributed by atoms with E-state index >= 15 is 0 Å². The first-order chi connectivity index (χ1) is 9.63. The van der Waals surface area contributed by atoms with Crippen molar-refractivity contribution in [2.75, 3.05) is 37.3 Å². The molecule has 0 aliphatic carbocycles. The van der Waals surface area contributed by atoms with Crippen molar-refractivity contribution in [1.82, 2.24) is 10.1 Å². The van der Waals surface area contributed by atoms with Gasteiger partial charge in [-0.15, -0.1) is 0 Å². The molecular weight excluding hydrogens is 256 g/mol. The van der Waals surface area contributed by atoms with Gasteiger partial charge in [-0.05, 0) is 19.2 Å². The molecule has 1 aromatic carbocycles. The molecule has 0 bridgehead atoms. The second-order valence-corrected chi connectivity index (χ2v) is 4.95. The summed E-state index contributed by atoms with van der Waals surface area (Å²) in [6.45, 7) is 2.01. The number of nitrogens with zero attached hydrogens (tertiary/aromatic N) is 3. The second kappa shape index (κ2) is 4.97. The van der Waals surface area contributed by atoms with Crippen molar-refractivity contribution in [2.45, 2.75) is 0 Å². The van der Waals surface area contributed by atoms with Crippen LogP contribution in [0.4, 0.5) is 11.6 Å². The molecule has 0 unspecified atom stereocenters. The first-order valence-corrected chi connectivity index (χ1v) is 6.45. The molecule has 3 rings (SSSR count). The van der Waals surface area contributed by atoms with Crippen molar-refractivity contribution >= 4 is 17.5 Å². The zero-order valence-corrected chi connectivity index (χ0v) is 11.2. The number of aromatic nitrogens is 1. The summed E-state index contributed by atoms with van der Waals surface area (Å²) in [6.07, 6.45) is 0. The monoisotopic (exact) mass is 272 g/mol. The predicted molar refractivity (Wildman–Crippen MR) is 76.2 cm³/mol. The van der Waals surface area contributed by atoms with E-state index in [-0.39, 0.29) is 11.8 Å². The molecule has 0 radical (unpaired) electrons. The third kappa shape index (κ3) is 2.37. The highest BCUT2D eigenvalue weighted by Crippen LogP contribution is 2.26. The Morgan fingerprint density at radius 3 is 2.85 bits per heavy atom. The van der Waals surface area contributed by atoms with Crippen LogP contribution in [0.2, 0.25) is 0 Å².